The first-order valence-electron chi connectivity index (χ1n) is 12.9. The van der Waals surface area contributed by atoms with Crippen molar-refractivity contribution in [3.05, 3.63) is 83.7 Å². The molecule has 1 unspecified atom stereocenters. The molecule has 0 bridgehead atoms. The number of benzene rings is 2. The monoisotopic (exact) mass is 496 g/mol. The van der Waals surface area contributed by atoms with Crippen molar-refractivity contribution in [2.75, 3.05) is 11.4 Å². The molecule has 2 aromatic carbocycles. The minimum atomic E-state index is -0.850. The van der Waals surface area contributed by atoms with E-state index in [2.05, 4.69) is 46.6 Å². The van der Waals surface area contributed by atoms with E-state index in [1.54, 1.807) is 34.1 Å². The molecule has 2 aromatic heterocycles. The molecule has 0 fully saturated rings. The third-order valence-corrected chi connectivity index (χ3v) is 6.88. The number of anilines is 1. The molecule has 5 rings (SSSR count). The summed E-state index contributed by atoms with van der Waals surface area (Å²) >= 11 is 0. The molecule has 190 valence electrons. The molecule has 1 atom stereocenters. The predicted molar refractivity (Wildman–Crippen MR) is 143 cm³/mol. The standard InChI is InChI=1S/C29H32N6O2/c1-20(2)12-17-31-29(37)28(22-13-15-30-16-14-22)35(24-11-10-21-6-5-7-23(21)18-24)27(36)19-34-26-9-4-3-8-25(26)32-33-34/h3-4,8-11,13-16,18,20,28H,5-7,12,17,19H2,1-2H3,(H,31,37). The molecule has 2 heterocycles. The second kappa shape index (κ2) is 10.9. The van der Waals surface area contributed by atoms with Crippen LogP contribution in [0.3, 0.4) is 0 Å². The van der Waals surface area contributed by atoms with Crippen molar-refractivity contribution in [3.8, 4) is 0 Å². The fourth-order valence-electron chi connectivity index (χ4n) is 4.93. The highest BCUT2D eigenvalue weighted by molar-refractivity contribution is 6.01. The topological polar surface area (TPSA) is 93.0 Å². The van der Waals surface area contributed by atoms with Gasteiger partial charge in [-0.3, -0.25) is 19.5 Å². The van der Waals surface area contributed by atoms with Crippen LogP contribution in [0.15, 0.2) is 67.0 Å². The Bertz CT molecular complexity index is 1400. The van der Waals surface area contributed by atoms with E-state index in [1.165, 1.54) is 11.1 Å². The average molecular weight is 497 g/mol. The lowest BCUT2D eigenvalue weighted by atomic mass is 10.0. The van der Waals surface area contributed by atoms with Crippen LogP contribution in [0.2, 0.25) is 0 Å². The number of hydrogen-bond acceptors (Lipinski definition) is 5. The number of carbonyl (C=O) groups is 2. The summed E-state index contributed by atoms with van der Waals surface area (Å²) in [5, 5.41) is 11.5. The first kappa shape index (κ1) is 24.6. The first-order valence-corrected chi connectivity index (χ1v) is 12.9. The van der Waals surface area contributed by atoms with E-state index in [4.69, 9.17) is 0 Å². The molecule has 1 aliphatic carbocycles. The fraction of sp³-hybridized carbons (Fsp3) is 0.345. The van der Waals surface area contributed by atoms with Crippen molar-refractivity contribution in [1.29, 1.82) is 0 Å². The largest absolute Gasteiger partial charge is 0.354 e. The fourth-order valence-corrected chi connectivity index (χ4v) is 4.93. The van der Waals surface area contributed by atoms with Gasteiger partial charge in [-0.1, -0.05) is 37.3 Å². The van der Waals surface area contributed by atoms with Gasteiger partial charge < -0.3 is 5.32 Å². The van der Waals surface area contributed by atoms with Gasteiger partial charge in [-0.25, -0.2) is 4.68 Å². The van der Waals surface area contributed by atoms with Crippen molar-refractivity contribution in [3.63, 3.8) is 0 Å². The Balaban J connectivity index is 1.55. The van der Waals surface area contributed by atoms with E-state index in [1.807, 2.05) is 30.3 Å². The molecular weight excluding hydrogens is 464 g/mol. The van der Waals surface area contributed by atoms with Crippen LogP contribution in [-0.2, 0) is 29.0 Å². The zero-order chi connectivity index (χ0) is 25.8. The summed E-state index contributed by atoms with van der Waals surface area (Å²) in [5.41, 5.74) is 5.43. The lowest BCUT2D eigenvalue weighted by Gasteiger charge is -2.32. The number of aromatic nitrogens is 4. The van der Waals surface area contributed by atoms with Gasteiger partial charge in [0.25, 0.3) is 0 Å². The van der Waals surface area contributed by atoms with E-state index in [9.17, 15) is 9.59 Å². The molecule has 8 heteroatoms. The number of aryl methyl sites for hydroxylation is 2. The molecule has 8 nitrogen and oxygen atoms in total. The minimum absolute atomic E-state index is 0.0432. The van der Waals surface area contributed by atoms with Crippen molar-refractivity contribution in [1.82, 2.24) is 25.3 Å². The Morgan fingerprint density at radius 1 is 1.03 bits per heavy atom. The number of pyridine rings is 1. The number of nitrogens with zero attached hydrogens (tertiary/aromatic N) is 5. The third-order valence-electron chi connectivity index (χ3n) is 6.88. The number of amides is 2. The van der Waals surface area contributed by atoms with Gasteiger partial charge in [-0.2, -0.15) is 0 Å². The summed E-state index contributed by atoms with van der Waals surface area (Å²) in [6.07, 6.45) is 7.27. The molecule has 0 aliphatic heterocycles. The van der Waals surface area contributed by atoms with Crippen LogP contribution in [-0.4, -0.2) is 38.3 Å². The molecule has 0 radical (unpaired) electrons. The van der Waals surface area contributed by atoms with Gasteiger partial charge in [-0.15, -0.1) is 5.10 Å². The van der Waals surface area contributed by atoms with E-state index in [0.717, 1.165) is 36.7 Å². The predicted octanol–water partition coefficient (Wildman–Crippen LogP) is 4.25. The van der Waals surface area contributed by atoms with Crippen LogP contribution < -0.4 is 10.2 Å². The normalized spacial score (nSPS) is 13.5. The molecule has 0 spiro atoms. The van der Waals surface area contributed by atoms with Gasteiger partial charge in [0.15, 0.2) is 0 Å². The molecule has 4 aromatic rings. The van der Waals surface area contributed by atoms with Gasteiger partial charge in [0.05, 0.1) is 5.52 Å². The van der Waals surface area contributed by atoms with Crippen LogP contribution in [0.25, 0.3) is 11.0 Å². The van der Waals surface area contributed by atoms with E-state index < -0.39 is 6.04 Å². The zero-order valence-electron chi connectivity index (χ0n) is 21.3. The van der Waals surface area contributed by atoms with Crippen LogP contribution in [0, 0.1) is 5.92 Å². The second-order valence-corrected chi connectivity index (χ2v) is 9.96. The highest BCUT2D eigenvalue weighted by Gasteiger charge is 2.33. The Kier molecular flexibility index (Phi) is 7.25. The molecule has 1 aliphatic rings. The molecular formula is C29H32N6O2. The number of hydrogen-bond donors (Lipinski definition) is 1. The smallest absolute Gasteiger partial charge is 0.249 e. The quantitative estimate of drug-likeness (QED) is 0.374. The van der Waals surface area contributed by atoms with Gasteiger partial charge in [0.2, 0.25) is 11.8 Å². The Morgan fingerprint density at radius 3 is 2.62 bits per heavy atom. The minimum Gasteiger partial charge on any atom is -0.354 e. The number of para-hydroxylation sites is 1. The second-order valence-electron chi connectivity index (χ2n) is 9.96. The summed E-state index contributed by atoms with van der Waals surface area (Å²) < 4.78 is 1.60. The SMILES string of the molecule is CC(C)CCNC(=O)C(c1ccncc1)N(C(=O)Cn1nnc2ccccc21)c1ccc2c(c1)CCC2. The van der Waals surface area contributed by atoms with Crippen LogP contribution >= 0.6 is 0 Å². The number of rotatable bonds is 9. The lowest BCUT2D eigenvalue weighted by Crippen LogP contribution is -2.45. The van der Waals surface area contributed by atoms with Gasteiger partial charge in [0.1, 0.15) is 18.1 Å². The molecule has 1 N–H and O–H groups in total. The summed E-state index contributed by atoms with van der Waals surface area (Å²) in [6.45, 7) is 4.74. The summed E-state index contributed by atoms with van der Waals surface area (Å²) in [7, 11) is 0. The molecule has 0 saturated heterocycles. The molecule has 37 heavy (non-hydrogen) atoms. The summed E-state index contributed by atoms with van der Waals surface area (Å²) in [4.78, 5) is 33.6. The maximum absolute atomic E-state index is 14.1. The Hall–Kier alpha value is -4.07. The van der Waals surface area contributed by atoms with E-state index in [-0.39, 0.29) is 18.4 Å². The van der Waals surface area contributed by atoms with Crippen LogP contribution in [0.4, 0.5) is 5.69 Å². The maximum atomic E-state index is 14.1. The maximum Gasteiger partial charge on any atom is 0.249 e. The summed E-state index contributed by atoms with van der Waals surface area (Å²) in [6, 6.07) is 16.4. The van der Waals surface area contributed by atoms with E-state index >= 15 is 0 Å². The van der Waals surface area contributed by atoms with Gasteiger partial charge in [-0.05, 0) is 84.7 Å². The van der Waals surface area contributed by atoms with Gasteiger partial charge in [0, 0.05) is 24.6 Å². The van der Waals surface area contributed by atoms with Crippen molar-refractivity contribution in [2.24, 2.45) is 5.92 Å². The van der Waals surface area contributed by atoms with Crippen molar-refractivity contribution >= 4 is 28.5 Å². The van der Waals surface area contributed by atoms with Crippen LogP contribution in [0.1, 0.15) is 49.4 Å². The Labute approximate surface area is 216 Å². The first-order chi connectivity index (χ1) is 18.0. The van der Waals surface area contributed by atoms with Crippen molar-refractivity contribution in [2.45, 2.75) is 52.1 Å². The Morgan fingerprint density at radius 2 is 1.81 bits per heavy atom. The number of carbonyl (C=O) groups excluding carboxylic acids is 2. The van der Waals surface area contributed by atoms with Crippen LogP contribution in [0.5, 0.6) is 0 Å². The van der Waals surface area contributed by atoms with Crippen molar-refractivity contribution < 1.29 is 9.59 Å². The molecule has 0 saturated carbocycles. The zero-order valence-corrected chi connectivity index (χ0v) is 21.3. The average Bonchev–Trinajstić information content (AvgIpc) is 3.54. The highest BCUT2D eigenvalue weighted by Crippen LogP contribution is 2.32. The molecule has 2 amide bonds. The number of nitrogens with one attached hydrogen (secondary N) is 1. The third kappa shape index (κ3) is 5.38. The van der Waals surface area contributed by atoms with E-state index in [0.29, 0.717) is 23.7 Å². The lowest BCUT2D eigenvalue weighted by molar-refractivity contribution is -0.127. The van der Waals surface area contributed by atoms with Gasteiger partial charge >= 0.3 is 0 Å². The highest BCUT2D eigenvalue weighted by atomic mass is 16.2. The summed E-state index contributed by atoms with van der Waals surface area (Å²) in [5.74, 6) is -0.00622. The number of fused-ring (bicyclic) bond motifs is 2.